The minimum absolute atomic E-state index is 0.0764. The summed E-state index contributed by atoms with van der Waals surface area (Å²) in [5.41, 5.74) is 12.5. The lowest BCUT2D eigenvalue weighted by Gasteiger charge is -2.16. The molecule has 3 N–H and O–H groups in total. The van der Waals surface area contributed by atoms with Crippen LogP contribution in [0.2, 0.25) is 0 Å². The van der Waals surface area contributed by atoms with Gasteiger partial charge in [0.2, 0.25) is 5.91 Å². The third-order valence-electron chi connectivity index (χ3n) is 6.38. The fourth-order valence-electron chi connectivity index (χ4n) is 4.73. The number of nitrogens with zero attached hydrogens (tertiary/aromatic N) is 1. The van der Waals surface area contributed by atoms with Gasteiger partial charge in [-0.2, -0.15) is 0 Å². The summed E-state index contributed by atoms with van der Waals surface area (Å²) in [5, 5.41) is 9.76. The summed E-state index contributed by atoms with van der Waals surface area (Å²) in [6, 6.07) is 17.2. The Balaban J connectivity index is 1.56. The summed E-state index contributed by atoms with van der Waals surface area (Å²) in [6.07, 6.45) is 0.702. The Labute approximate surface area is 186 Å². The number of benzene rings is 3. The molecule has 1 unspecified atom stereocenters. The van der Waals surface area contributed by atoms with Crippen molar-refractivity contribution in [1.82, 2.24) is 4.90 Å². The normalized spacial score (nSPS) is 16.6. The van der Waals surface area contributed by atoms with E-state index < -0.39 is 12.0 Å². The van der Waals surface area contributed by atoms with Crippen LogP contribution in [0.25, 0.3) is 22.3 Å². The van der Waals surface area contributed by atoms with E-state index in [4.69, 9.17) is 10.5 Å². The van der Waals surface area contributed by atoms with E-state index in [9.17, 15) is 14.7 Å². The topological polar surface area (TPSA) is 92.9 Å². The van der Waals surface area contributed by atoms with Gasteiger partial charge in [-0.3, -0.25) is 9.59 Å². The Morgan fingerprint density at radius 3 is 2.62 bits per heavy atom. The van der Waals surface area contributed by atoms with E-state index in [-0.39, 0.29) is 5.91 Å². The van der Waals surface area contributed by atoms with Crippen LogP contribution in [0.15, 0.2) is 54.6 Å². The Hall–Kier alpha value is -3.64. The predicted molar refractivity (Wildman–Crippen MR) is 122 cm³/mol. The maximum atomic E-state index is 12.9. The molecule has 1 atom stereocenters. The van der Waals surface area contributed by atoms with E-state index in [0.717, 1.165) is 39.1 Å². The van der Waals surface area contributed by atoms with Crippen LogP contribution < -0.4 is 10.5 Å². The smallest absolute Gasteiger partial charge is 0.253 e. The number of ether oxygens (including phenoxy) is 1. The van der Waals surface area contributed by atoms with Crippen molar-refractivity contribution in [1.29, 1.82) is 0 Å². The maximum absolute atomic E-state index is 12.9. The molecule has 162 valence electrons. The molecule has 2 amide bonds. The lowest BCUT2D eigenvalue weighted by atomic mass is 9.94. The number of fused-ring (bicyclic) bond motifs is 3. The van der Waals surface area contributed by atoms with Crippen molar-refractivity contribution in [3.05, 3.63) is 76.9 Å². The van der Waals surface area contributed by atoms with Gasteiger partial charge in [-0.15, -0.1) is 0 Å². The highest BCUT2D eigenvalue weighted by Gasteiger charge is 2.28. The quantitative estimate of drug-likeness (QED) is 0.522. The molecule has 1 heterocycles. The number of rotatable bonds is 4. The highest BCUT2D eigenvalue weighted by atomic mass is 16.5. The second-order valence-corrected chi connectivity index (χ2v) is 8.39. The van der Waals surface area contributed by atoms with E-state index >= 15 is 0 Å². The molecule has 0 saturated carbocycles. The van der Waals surface area contributed by atoms with Crippen molar-refractivity contribution in [2.45, 2.75) is 18.9 Å². The van der Waals surface area contributed by atoms with Crippen LogP contribution >= 0.6 is 0 Å². The zero-order valence-electron chi connectivity index (χ0n) is 17.8. The van der Waals surface area contributed by atoms with Gasteiger partial charge in [-0.25, -0.2) is 0 Å². The second-order valence-electron chi connectivity index (χ2n) is 8.39. The van der Waals surface area contributed by atoms with Gasteiger partial charge in [0.1, 0.15) is 5.75 Å². The molecule has 1 aliphatic heterocycles. The van der Waals surface area contributed by atoms with Crippen LogP contribution in [0, 0.1) is 0 Å². The van der Waals surface area contributed by atoms with Gasteiger partial charge in [0.05, 0.1) is 13.2 Å². The molecule has 1 saturated heterocycles. The van der Waals surface area contributed by atoms with Crippen molar-refractivity contribution in [3.63, 3.8) is 0 Å². The predicted octanol–water partition coefficient (Wildman–Crippen LogP) is 3.24. The third kappa shape index (κ3) is 3.42. The molecule has 0 aromatic heterocycles. The Morgan fingerprint density at radius 2 is 1.91 bits per heavy atom. The van der Waals surface area contributed by atoms with Crippen LogP contribution in [0.5, 0.6) is 5.75 Å². The zero-order chi connectivity index (χ0) is 22.4. The molecule has 6 heteroatoms. The van der Waals surface area contributed by atoms with Crippen molar-refractivity contribution < 1.29 is 19.4 Å². The summed E-state index contributed by atoms with van der Waals surface area (Å²) >= 11 is 0. The van der Waals surface area contributed by atoms with Gasteiger partial charge in [-0.1, -0.05) is 18.2 Å². The summed E-state index contributed by atoms with van der Waals surface area (Å²) in [4.78, 5) is 26.9. The average Bonchev–Trinajstić information content (AvgIpc) is 3.40. The molecule has 5 rings (SSSR count). The first-order valence-corrected chi connectivity index (χ1v) is 10.7. The number of carbonyl (C=O) groups excluding carboxylic acids is 2. The number of nitrogens with two attached hydrogens (primary N) is 1. The van der Waals surface area contributed by atoms with E-state index in [1.165, 1.54) is 0 Å². The Morgan fingerprint density at radius 1 is 1.06 bits per heavy atom. The summed E-state index contributed by atoms with van der Waals surface area (Å²) in [6.45, 7) is 0.929. The van der Waals surface area contributed by atoms with Crippen LogP contribution in [-0.2, 0) is 6.42 Å². The second kappa shape index (κ2) is 7.80. The monoisotopic (exact) mass is 428 g/mol. The van der Waals surface area contributed by atoms with Gasteiger partial charge in [-0.05, 0) is 82.6 Å². The van der Waals surface area contributed by atoms with E-state index in [1.807, 2.05) is 48.5 Å². The molecule has 1 fully saturated rings. The zero-order valence-corrected chi connectivity index (χ0v) is 17.8. The number of carbonyl (C=O) groups is 2. The van der Waals surface area contributed by atoms with Crippen molar-refractivity contribution >= 4 is 11.8 Å². The summed E-state index contributed by atoms with van der Waals surface area (Å²) in [7, 11) is 1.62. The van der Waals surface area contributed by atoms with Crippen LogP contribution in [0.1, 0.15) is 38.3 Å². The number of primary amides is 1. The Kier molecular flexibility index (Phi) is 4.94. The van der Waals surface area contributed by atoms with Crippen molar-refractivity contribution in [2.75, 3.05) is 20.2 Å². The molecule has 32 heavy (non-hydrogen) atoms. The number of methoxy groups -OCH3 is 1. The largest absolute Gasteiger partial charge is 0.497 e. The SMILES string of the molecule is COc1cccc(-c2cc(C(N)=O)c3c(c2)-c2ccc(C(=O)N4CCC(O)C4)cc2C3)c1. The lowest BCUT2D eigenvalue weighted by molar-refractivity contribution is 0.0764. The number of amides is 2. The van der Waals surface area contributed by atoms with Crippen molar-refractivity contribution in [3.8, 4) is 28.0 Å². The molecule has 2 aliphatic rings. The fraction of sp³-hybridized carbons (Fsp3) is 0.231. The fourth-order valence-corrected chi connectivity index (χ4v) is 4.73. The first-order chi connectivity index (χ1) is 15.4. The van der Waals surface area contributed by atoms with Gasteiger partial charge in [0, 0.05) is 24.2 Å². The molecule has 1 aliphatic carbocycles. The maximum Gasteiger partial charge on any atom is 0.253 e. The van der Waals surface area contributed by atoms with E-state index in [1.54, 1.807) is 12.0 Å². The van der Waals surface area contributed by atoms with Crippen LogP contribution in [0.4, 0.5) is 0 Å². The van der Waals surface area contributed by atoms with Crippen LogP contribution in [0.3, 0.4) is 0 Å². The third-order valence-corrected chi connectivity index (χ3v) is 6.38. The average molecular weight is 428 g/mol. The minimum Gasteiger partial charge on any atom is -0.497 e. The number of aliphatic hydroxyl groups excluding tert-OH is 1. The molecule has 0 radical (unpaired) electrons. The number of aliphatic hydroxyl groups is 1. The van der Waals surface area contributed by atoms with Crippen molar-refractivity contribution in [2.24, 2.45) is 5.73 Å². The van der Waals surface area contributed by atoms with Gasteiger partial charge >= 0.3 is 0 Å². The van der Waals surface area contributed by atoms with Gasteiger partial charge in [0.15, 0.2) is 0 Å². The summed E-state index contributed by atoms with van der Waals surface area (Å²) in [5.74, 6) is 0.188. The first kappa shape index (κ1) is 20.3. The number of likely N-dealkylation sites (tertiary alicyclic amines) is 1. The Bertz CT molecular complexity index is 1250. The highest BCUT2D eigenvalue weighted by molar-refractivity contribution is 6.01. The molecular weight excluding hydrogens is 404 g/mol. The first-order valence-electron chi connectivity index (χ1n) is 10.7. The molecular formula is C26H24N2O4. The molecule has 3 aromatic rings. The molecule has 0 spiro atoms. The lowest BCUT2D eigenvalue weighted by Crippen LogP contribution is -2.29. The number of hydrogen-bond acceptors (Lipinski definition) is 4. The standard InChI is InChI=1S/C26H24N2O4/c1-32-20-4-2-3-15(10-20)17-11-22-21-6-5-16(26(31)28-8-7-19(29)14-28)9-18(21)13-23(22)24(12-17)25(27)30/h2-6,9-12,19,29H,7-8,13-14H2,1H3,(H2,27,30). The number of β-amino-alcohol motifs (C(OH)–C–C–N with tert-alkyl or cyclic N) is 1. The summed E-state index contributed by atoms with van der Waals surface area (Å²) < 4.78 is 5.34. The van der Waals surface area contributed by atoms with Crippen LogP contribution in [-0.4, -0.2) is 48.1 Å². The molecule has 3 aromatic carbocycles. The molecule has 6 nitrogen and oxygen atoms in total. The molecule has 0 bridgehead atoms. The highest BCUT2D eigenvalue weighted by Crippen LogP contribution is 2.42. The van der Waals surface area contributed by atoms with E-state index in [2.05, 4.69) is 6.07 Å². The van der Waals surface area contributed by atoms with Gasteiger partial charge < -0.3 is 20.5 Å². The minimum atomic E-state index is -0.471. The van der Waals surface area contributed by atoms with E-state index in [0.29, 0.717) is 37.1 Å². The number of hydrogen-bond donors (Lipinski definition) is 2. The van der Waals surface area contributed by atoms with Gasteiger partial charge in [0.25, 0.3) is 5.91 Å².